The lowest BCUT2D eigenvalue weighted by molar-refractivity contribution is -0.152. The molecule has 0 aliphatic heterocycles. The highest BCUT2D eigenvalue weighted by Gasteiger charge is 2.35. The van der Waals surface area contributed by atoms with Crippen molar-refractivity contribution >= 4 is 22.6 Å². The monoisotopic (exact) mass is 339 g/mol. The van der Waals surface area contributed by atoms with Crippen molar-refractivity contribution in [3.05, 3.63) is 40.2 Å². The van der Waals surface area contributed by atoms with E-state index < -0.39 is 17.4 Å². The lowest BCUT2D eigenvalue weighted by Gasteiger charge is -2.20. The van der Waals surface area contributed by atoms with Gasteiger partial charge in [0.25, 0.3) is 0 Å². The Morgan fingerprint density at radius 3 is 2.50 bits per heavy atom. The van der Waals surface area contributed by atoms with Crippen molar-refractivity contribution in [2.45, 2.75) is 38.3 Å². The van der Waals surface area contributed by atoms with Crippen molar-refractivity contribution in [2.75, 3.05) is 5.32 Å². The number of hydrogen-bond donors (Lipinski definition) is 1. The van der Waals surface area contributed by atoms with Gasteiger partial charge in [-0.05, 0) is 31.0 Å². The van der Waals surface area contributed by atoms with E-state index in [-0.39, 0.29) is 22.8 Å². The van der Waals surface area contributed by atoms with Gasteiger partial charge < -0.3 is 9.73 Å². The zero-order valence-corrected chi connectivity index (χ0v) is 12.8. The van der Waals surface area contributed by atoms with Gasteiger partial charge in [0.2, 0.25) is 11.7 Å². The normalized spacial score (nSPS) is 16.3. The molecule has 0 spiro atoms. The summed E-state index contributed by atoms with van der Waals surface area (Å²) in [7, 11) is 0. The Bertz CT molecular complexity index is 820. The average Bonchev–Trinajstić information content (AvgIpc) is 2.55. The summed E-state index contributed by atoms with van der Waals surface area (Å²) in [5, 5.41) is 2.74. The molecule has 1 heterocycles. The average molecular weight is 339 g/mol. The molecule has 1 fully saturated rings. The third kappa shape index (κ3) is 3.44. The molecule has 1 aromatic carbocycles. The Morgan fingerprint density at radius 2 is 1.83 bits per heavy atom. The molecule has 128 valence electrons. The van der Waals surface area contributed by atoms with E-state index in [0.29, 0.717) is 11.8 Å². The van der Waals surface area contributed by atoms with Gasteiger partial charge in [0.1, 0.15) is 5.58 Å². The van der Waals surface area contributed by atoms with Crippen molar-refractivity contribution in [1.82, 2.24) is 0 Å². The van der Waals surface area contributed by atoms with Crippen LogP contribution in [-0.2, 0) is 11.0 Å². The van der Waals surface area contributed by atoms with Gasteiger partial charge in [-0.1, -0.05) is 19.3 Å². The third-order valence-electron chi connectivity index (χ3n) is 4.25. The maximum absolute atomic E-state index is 12.7. The molecule has 3 rings (SSSR count). The number of anilines is 1. The lowest BCUT2D eigenvalue weighted by Crippen LogP contribution is -2.24. The molecule has 4 nitrogen and oxygen atoms in total. The van der Waals surface area contributed by atoms with E-state index in [1.807, 2.05) is 0 Å². The first kappa shape index (κ1) is 16.5. The third-order valence-corrected chi connectivity index (χ3v) is 4.25. The fraction of sp³-hybridized carbons (Fsp3) is 0.412. The molecule has 1 N–H and O–H groups in total. The molecule has 0 unspecified atom stereocenters. The van der Waals surface area contributed by atoms with Gasteiger partial charge in [-0.3, -0.25) is 9.59 Å². The van der Waals surface area contributed by atoms with Crippen molar-refractivity contribution in [1.29, 1.82) is 0 Å². The van der Waals surface area contributed by atoms with Gasteiger partial charge in [0, 0.05) is 17.7 Å². The van der Waals surface area contributed by atoms with Crippen LogP contribution in [0.25, 0.3) is 11.0 Å². The fourth-order valence-electron chi connectivity index (χ4n) is 2.98. The van der Waals surface area contributed by atoms with Crippen molar-refractivity contribution in [3.63, 3.8) is 0 Å². The first-order chi connectivity index (χ1) is 11.3. The van der Waals surface area contributed by atoms with E-state index in [4.69, 9.17) is 4.42 Å². The summed E-state index contributed by atoms with van der Waals surface area (Å²) in [5.74, 6) is -1.51. The molecule has 0 bridgehead atoms. The minimum absolute atomic E-state index is 0.00411. The number of carbonyl (C=O) groups is 1. The summed E-state index contributed by atoms with van der Waals surface area (Å²) in [5.41, 5.74) is -0.576. The van der Waals surface area contributed by atoms with Gasteiger partial charge in [-0.25, -0.2) is 0 Å². The van der Waals surface area contributed by atoms with Gasteiger partial charge >= 0.3 is 6.18 Å². The topological polar surface area (TPSA) is 59.3 Å². The summed E-state index contributed by atoms with van der Waals surface area (Å²) < 4.78 is 42.7. The first-order valence-corrected chi connectivity index (χ1v) is 7.80. The van der Waals surface area contributed by atoms with Crippen LogP contribution in [0.15, 0.2) is 33.5 Å². The maximum Gasteiger partial charge on any atom is 0.449 e. The predicted octanol–water partition coefficient (Wildman–Crippen LogP) is 4.33. The Morgan fingerprint density at radius 1 is 1.12 bits per heavy atom. The predicted molar refractivity (Wildman–Crippen MR) is 82.7 cm³/mol. The SMILES string of the molecule is O=C(Nc1ccc2oc(C(F)(F)F)cc(=O)c2c1)C1CCCCC1. The second kappa shape index (κ2) is 6.30. The van der Waals surface area contributed by atoms with Crippen LogP contribution in [0.4, 0.5) is 18.9 Å². The largest absolute Gasteiger partial charge is 0.451 e. The van der Waals surface area contributed by atoms with Crippen LogP contribution in [0.1, 0.15) is 37.9 Å². The first-order valence-electron chi connectivity index (χ1n) is 7.80. The summed E-state index contributed by atoms with van der Waals surface area (Å²) in [4.78, 5) is 24.1. The van der Waals surface area contributed by atoms with Crippen LogP contribution in [0.5, 0.6) is 0 Å². The van der Waals surface area contributed by atoms with E-state index >= 15 is 0 Å². The molecule has 0 saturated heterocycles. The molecule has 7 heteroatoms. The van der Waals surface area contributed by atoms with Crippen molar-refractivity contribution in [3.8, 4) is 0 Å². The maximum atomic E-state index is 12.7. The molecule has 1 aliphatic rings. The zero-order valence-electron chi connectivity index (χ0n) is 12.8. The van der Waals surface area contributed by atoms with Crippen LogP contribution in [0.2, 0.25) is 0 Å². The summed E-state index contributed by atoms with van der Waals surface area (Å²) in [6.45, 7) is 0. The molecule has 1 aliphatic carbocycles. The number of halogens is 3. The zero-order chi connectivity index (χ0) is 17.3. The Hall–Kier alpha value is -2.31. The molecular weight excluding hydrogens is 323 g/mol. The highest BCUT2D eigenvalue weighted by Crippen LogP contribution is 2.31. The molecule has 0 radical (unpaired) electrons. The number of rotatable bonds is 2. The highest BCUT2D eigenvalue weighted by atomic mass is 19.4. The molecule has 1 aromatic heterocycles. The Balaban J connectivity index is 1.87. The second-order valence-corrected chi connectivity index (χ2v) is 6.01. The Labute approximate surface area is 135 Å². The van der Waals surface area contributed by atoms with Crippen LogP contribution in [-0.4, -0.2) is 5.91 Å². The Kier molecular flexibility index (Phi) is 4.34. The van der Waals surface area contributed by atoms with E-state index in [1.165, 1.54) is 18.2 Å². The van der Waals surface area contributed by atoms with Gasteiger partial charge in [-0.15, -0.1) is 0 Å². The molecule has 1 saturated carbocycles. The minimum atomic E-state index is -4.72. The van der Waals surface area contributed by atoms with Gasteiger partial charge in [0.05, 0.1) is 5.39 Å². The number of amides is 1. The standard InChI is InChI=1S/C17H16F3NO3/c18-17(19,20)15-9-13(22)12-8-11(6-7-14(12)24-15)21-16(23)10-4-2-1-3-5-10/h6-10H,1-5H2,(H,21,23). The smallest absolute Gasteiger partial charge is 0.449 e. The second-order valence-electron chi connectivity index (χ2n) is 6.01. The molecule has 0 atom stereocenters. The van der Waals surface area contributed by atoms with Gasteiger partial charge in [-0.2, -0.15) is 13.2 Å². The molecule has 2 aromatic rings. The number of carbonyl (C=O) groups excluding carboxylic acids is 1. The fourth-order valence-corrected chi connectivity index (χ4v) is 2.98. The van der Waals surface area contributed by atoms with Gasteiger partial charge in [0.15, 0.2) is 5.43 Å². The summed E-state index contributed by atoms with van der Waals surface area (Å²) >= 11 is 0. The number of alkyl halides is 3. The number of benzene rings is 1. The molecule has 1 amide bonds. The lowest BCUT2D eigenvalue weighted by atomic mass is 9.88. The number of hydrogen-bond acceptors (Lipinski definition) is 3. The number of fused-ring (bicyclic) bond motifs is 1. The number of nitrogens with one attached hydrogen (secondary N) is 1. The summed E-state index contributed by atoms with van der Waals surface area (Å²) in [6, 6.07) is 4.48. The minimum Gasteiger partial charge on any atom is -0.451 e. The quantitative estimate of drug-likeness (QED) is 0.886. The van der Waals surface area contributed by atoms with Crippen LogP contribution < -0.4 is 10.7 Å². The van der Waals surface area contributed by atoms with E-state index in [1.54, 1.807) is 0 Å². The van der Waals surface area contributed by atoms with Crippen LogP contribution in [0, 0.1) is 5.92 Å². The van der Waals surface area contributed by atoms with E-state index in [9.17, 15) is 22.8 Å². The van der Waals surface area contributed by atoms with Crippen LogP contribution >= 0.6 is 0 Å². The van der Waals surface area contributed by atoms with E-state index in [2.05, 4.69) is 5.32 Å². The van der Waals surface area contributed by atoms with E-state index in [0.717, 1.165) is 32.1 Å². The van der Waals surface area contributed by atoms with Crippen LogP contribution in [0.3, 0.4) is 0 Å². The molecular formula is C17H16F3NO3. The highest BCUT2D eigenvalue weighted by molar-refractivity contribution is 5.94. The summed E-state index contributed by atoms with van der Waals surface area (Å²) in [6.07, 6.45) is 0.0930. The van der Waals surface area contributed by atoms with Crippen molar-refractivity contribution in [2.24, 2.45) is 5.92 Å². The van der Waals surface area contributed by atoms with Crippen molar-refractivity contribution < 1.29 is 22.4 Å². The molecule has 24 heavy (non-hydrogen) atoms.